The Labute approximate surface area is 91.5 Å². The fourth-order valence-corrected chi connectivity index (χ4v) is 3.13. The van der Waals surface area contributed by atoms with Gasteiger partial charge in [-0.25, -0.2) is 0 Å². The molecule has 1 aromatic rings. The maximum absolute atomic E-state index is 6.48. The van der Waals surface area contributed by atoms with E-state index in [1.165, 1.54) is 62.7 Å². The quantitative estimate of drug-likeness (QED) is 0.749. The van der Waals surface area contributed by atoms with E-state index in [0.717, 1.165) is 0 Å². The summed E-state index contributed by atoms with van der Waals surface area (Å²) >= 11 is 0. The van der Waals surface area contributed by atoms with Gasteiger partial charge >= 0.3 is 0 Å². The van der Waals surface area contributed by atoms with E-state index in [-0.39, 0.29) is 5.54 Å². The van der Waals surface area contributed by atoms with Crippen LogP contribution in [0.2, 0.25) is 0 Å². The molecule has 1 aromatic heterocycles. The first kappa shape index (κ1) is 9.46. The molecule has 15 heavy (non-hydrogen) atoms. The monoisotopic (exact) mass is 204 g/mol. The lowest BCUT2D eigenvalue weighted by atomic mass is 9.91. The number of nitrogens with two attached hydrogens (primary N) is 1. The van der Waals surface area contributed by atoms with Gasteiger partial charge in [0, 0.05) is 24.0 Å². The molecule has 2 heterocycles. The summed E-state index contributed by atoms with van der Waals surface area (Å²) in [7, 11) is 0. The fourth-order valence-electron chi connectivity index (χ4n) is 3.13. The van der Waals surface area contributed by atoms with E-state index in [2.05, 4.69) is 16.8 Å². The van der Waals surface area contributed by atoms with Crippen LogP contribution in [0, 0.1) is 0 Å². The van der Waals surface area contributed by atoms with Gasteiger partial charge in [0.2, 0.25) is 0 Å². The Morgan fingerprint density at radius 2 is 1.93 bits per heavy atom. The second-order valence-electron chi connectivity index (χ2n) is 5.23. The number of aromatic nitrogens is 1. The first-order valence-corrected chi connectivity index (χ1v) is 6.26. The Balaban J connectivity index is 1.95. The third-order valence-corrected chi connectivity index (χ3v) is 4.14. The molecule has 2 nitrogen and oxygen atoms in total. The van der Waals surface area contributed by atoms with Gasteiger partial charge in [-0.05, 0) is 43.7 Å². The van der Waals surface area contributed by atoms with Crippen LogP contribution in [0.5, 0.6) is 0 Å². The van der Waals surface area contributed by atoms with Crippen molar-refractivity contribution in [3.8, 4) is 0 Å². The molecule has 0 aromatic carbocycles. The molecule has 2 heteroatoms. The van der Waals surface area contributed by atoms with Gasteiger partial charge in [0.1, 0.15) is 0 Å². The van der Waals surface area contributed by atoms with E-state index in [0.29, 0.717) is 0 Å². The van der Waals surface area contributed by atoms with Gasteiger partial charge in [-0.15, -0.1) is 0 Å². The average Bonchev–Trinajstić information content (AvgIpc) is 2.84. The molecule has 2 N–H and O–H groups in total. The predicted molar refractivity (Wildman–Crippen MR) is 61.7 cm³/mol. The van der Waals surface area contributed by atoms with Crippen LogP contribution in [-0.4, -0.2) is 4.57 Å². The van der Waals surface area contributed by atoms with Gasteiger partial charge in [0.05, 0.1) is 0 Å². The third-order valence-electron chi connectivity index (χ3n) is 4.14. The minimum atomic E-state index is 0.00431. The third kappa shape index (κ3) is 1.51. The van der Waals surface area contributed by atoms with E-state index in [1.54, 1.807) is 0 Å². The molecular formula is C13H20N2. The lowest BCUT2D eigenvalue weighted by Gasteiger charge is -2.22. The van der Waals surface area contributed by atoms with Crippen LogP contribution in [0.1, 0.15) is 49.8 Å². The van der Waals surface area contributed by atoms with E-state index >= 15 is 0 Å². The zero-order valence-electron chi connectivity index (χ0n) is 9.34. The molecule has 1 aliphatic heterocycles. The lowest BCUT2D eigenvalue weighted by Crippen LogP contribution is -2.32. The van der Waals surface area contributed by atoms with Crippen molar-refractivity contribution in [3.05, 3.63) is 23.5 Å². The van der Waals surface area contributed by atoms with E-state index in [9.17, 15) is 0 Å². The van der Waals surface area contributed by atoms with Crippen molar-refractivity contribution in [1.82, 2.24) is 4.57 Å². The van der Waals surface area contributed by atoms with E-state index in [1.807, 2.05) is 0 Å². The highest BCUT2D eigenvalue weighted by molar-refractivity contribution is 5.28. The van der Waals surface area contributed by atoms with Crippen LogP contribution in [-0.2, 0) is 18.5 Å². The second kappa shape index (κ2) is 3.38. The molecule has 0 saturated heterocycles. The molecular weight excluding hydrogens is 184 g/mol. The summed E-state index contributed by atoms with van der Waals surface area (Å²) in [6.45, 7) is 1.20. The second-order valence-corrected chi connectivity index (χ2v) is 5.23. The van der Waals surface area contributed by atoms with Crippen molar-refractivity contribution in [1.29, 1.82) is 0 Å². The first-order chi connectivity index (χ1) is 7.28. The zero-order chi connectivity index (χ0) is 10.3. The summed E-state index contributed by atoms with van der Waals surface area (Å²) in [5, 5.41) is 0. The lowest BCUT2D eigenvalue weighted by molar-refractivity contribution is 0.460. The Kier molecular flexibility index (Phi) is 2.13. The molecule has 3 rings (SSSR count). The summed E-state index contributed by atoms with van der Waals surface area (Å²) in [5.41, 5.74) is 9.39. The Bertz CT molecular complexity index is 335. The Hall–Kier alpha value is -0.760. The number of hydrogen-bond donors (Lipinski definition) is 1. The van der Waals surface area contributed by atoms with Crippen molar-refractivity contribution in [3.63, 3.8) is 0 Å². The molecule has 0 spiro atoms. The number of nitrogens with zero attached hydrogens (tertiary/aromatic N) is 1. The summed E-state index contributed by atoms with van der Waals surface area (Å²) in [4.78, 5) is 0. The summed E-state index contributed by atoms with van der Waals surface area (Å²) in [6.07, 6.45) is 11.2. The molecule has 0 amide bonds. The van der Waals surface area contributed by atoms with E-state index in [4.69, 9.17) is 5.73 Å². The SMILES string of the molecule is NC1(c2cc3n(c2)CCCC3)CCCC1. The zero-order valence-corrected chi connectivity index (χ0v) is 9.34. The van der Waals surface area contributed by atoms with Crippen LogP contribution in [0.4, 0.5) is 0 Å². The average molecular weight is 204 g/mol. The number of fused-ring (bicyclic) bond motifs is 1. The van der Waals surface area contributed by atoms with Gasteiger partial charge in [-0.1, -0.05) is 12.8 Å². The largest absolute Gasteiger partial charge is 0.351 e. The molecule has 2 aliphatic rings. The minimum Gasteiger partial charge on any atom is -0.351 e. The highest BCUT2D eigenvalue weighted by atomic mass is 15.0. The van der Waals surface area contributed by atoms with Gasteiger partial charge in [0.15, 0.2) is 0 Å². The smallest absolute Gasteiger partial charge is 0.0424 e. The van der Waals surface area contributed by atoms with Gasteiger partial charge in [0.25, 0.3) is 0 Å². The van der Waals surface area contributed by atoms with Gasteiger partial charge < -0.3 is 10.3 Å². The molecule has 1 saturated carbocycles. The van der Waals surface area contributed by atoms with Crippen molar-refractivity contribution >= 4 is 0 Å². The van der Waals surface area contributed by atoms with Crippen LogP contribution >= 0.6 is 0 Å². The van der Waals surface area contributed by atoms with Crippen LogP contribution < -0.4 is 5.73 Å². The van der Waals surface area contributed by atoms with Crippen molar-refractivity contribution in [2.24, 2.45) is 5.73 Å². The molecule has 1 fully saturated rings. The summed E-state index contributed by atoms with van der Waals surface area (Å²) < 4.78 is 2.42. The topological polar surface area (TPSA) is 30.9 Å². The Morgan fingerprint density at radius 1 is 1.13 bits per heavy atom. The van der Waals surface area contributed by atoms with Gasteiger partial charge in [-0.3, -0.25) is 0 Å². The molecule has 0 atom stereocenters. The maximum atomic E-state index is 6.48. The van der Waals surface area contributed by atoms with Gasteiger partial charge in [-0.2, -0.15) is 0 Å². The van der Waals surface area contributed by atoms with Crippen LogP contribution in [0.3, 0.4) is 0 Å². The van der Waals surface area contributed by atoms with Crippen molar-refractivity contribution in [2.75, 3.05) is 0 Å². The van der Waals surface area contributed by atoms with Crippen LogP contribution in [0.15, 0.2) is 12.3 Å². The van der Waals surface area contributed by atoms with Crippen molar-refractivity contribution < 1.29 is 0 Å². The highest BCUT2D eigenvalue weighted by Crippen LogP contribution is 2.37. The minimum absolute atomic E-state index is 0.00431. The Morgan fingerprint density at radius 3 is 2.67 bits per heavy atom. The van der Waals surface area contributed by atoms with Crippen LogP contribution in [0.25, 0.3) is 0 Å². The summed E-state index contributed by atoms with van der Waals surface area (Å²) in [5.74, 6) is 0. The highest BCUT2D eigenvalue weighted by Gasteiger charge is 2.32. The standard InChI is InChI=1S/C13H20N2/c14-13(6-2-3-7-13)11-9-12-5-1-4-8-15(12)10-11/h9-10H,1-8,14H2. The number of aryl methyl sites for hydroxylation is 2. The van der Waals surface area contributed by atoms with E-state index < -0.39 is 0 Å². The first-order valence-electron chi connectivity index (χ1n) is 6.26. The molecule has 82 valence electrons. The number of hydrogen-bond acceptors (Lipinski definition) is 1. The number of rotatable bonds is 1. The maximum Gasteiger partial charge on any atom is 0.0424 e. The predicted octanol–water partition coefficient (Wildman–Crippen LogP) is 2.55. The molecule has 0 unspecified atom stereocenters. The molecule has 0 radical (unpaired) electrons. The summed E-state index contributed by atoms with van der Waals surface area (Å²) in [6, 6.07) is 2.37. The fraction of sp³-hybridized carbons (Fsp3) is 0.692. The molecule has 1 aliphatic carbocycles. The normalized spacial score (nSPS) is 24.1. The molecule has 0 bridgehead atoms. The van der Waals surface area contributed by atoms with Crippen molar-refractivity contribution in [2.45, 2.75) is 57.0 Å².